The van der Waals surface area contributed by atoms with Crippen LogP contribution in [0.15, 0.2) is 77.7 Å². The maximum atomic E-state index is 14.1. The highest BCUT2D eigenvalue weighted by Gasteiger charge is 2.34. The molecule has 1 atom stereocenters. The van der Waals surface area contributed by atoms with Crippen molar-refractivity contribution >= 4 is 50.7 Å². The lowest BCUT2D eigenvalue weighted by Gasteiger charge is -2.33. The Morgan fingerprint density at radius 3 is 2.29 bits per heavy atom. The summed E-state index contributed by atoms with van der Waals surface area (Å²) in [5.74, 6) is -0.118. The number of carbonyl (C=O) groups is 2. The quantitative estimate of drug-likeness (QED) is 0.262. The molecule has 0 heterocycles. The summed E-state index contributed by atoms with van der Waals surface area (Å²) < 4.78 is 34.1. The van der Waals surface area contributed by atoms with E-state index < -0.39 is 28.5 Å². The average molecular weight is 621 g/mol. The molecule has 8 nitrogen and oxygen atoms in total. The maximum Gasteiger partial charge on any atom is 0.264 e. The van der Waals surface area contributed by atoms with E-state index in [0.29, 0.717) is 24.3 Å². The molecule has 3 aromatic carbocycles. The third-order valence-corrected chi connectivity index (χ3v) is 8.95. The van der Waals surface area contributed by atoms with Gasteiger partial charge >= 0.3 is 0 Å². The first-order valence-electron chi connectivity index (χ1n) is 13.2. The normalized spacial score (nSPS) is 12.1. The lowest BCUT2D eigenvalue weighted by atomic mass is 10.1. The van der Waals surface area contributed by atoms with Crippen LogP contribution >= 0.6 is 23.2 Å². The fraction of sp³-hybridized carbons (Fsp3) is 0.333. The van der Waals surface area contributed by atoms with E-state index in [2.05, 4.69) is 5.32 Å². The van der Waals surface area contributed by atoms with Crippen molar-refractivity contribution in [2.45, 2.75) is 44.7 Å². The Labute approximate surface area is 252 Å². The van der Waals surface area contributed by atoms with Crippen molar-refractivity contribution < 1.29 is 22.7 Å². The summed E-state index contributed by atoms with van der Waals surface area (Å²) in [6.45, 7) is 5.62. The van der Waals surface area contributed by atoms with E-state index in [-0.39, 0.29) is 39.0 Å². The van der Waals surface area contributed by atoms with Gasteiger partial charge in [0.2, 0.25) is 11.8 Å². The second-order valence-electron chi connectivity index (χ2n) is 9.83. The molecule has 220 valence electrons. The predicted molar refractivity (Wildman–Crippen MR) is 163 cm³/mol. The minimum Gasteiger partial charge on any atom is -0.497 e. The van der Waals surface area contributed by atoms with Crippen molar-refractivity contribution in [1.29, 1.82) is 0 Å². The van der Waals surface area contributed by atoms with E-state index in [0.717, 1.165) is 4.31 Å². The molecule has 11 heteroatoms. The molecular weight excluding hydrogens is 585 g/mol. The molecule has 1 N–H and O–H groups in total. The average Bonchev–Trinajstić information content (AvgIpc) is 2.96. The Balaban J connectivity index is 2.09. The van der Waals surface area contributed by atoms with Gasteiger partial charge in [-0.1, -0.05) is 80.4 Å². The van der Waals surface area contributed by atoms with Gasteiger partial charge in [0.15, 0.2) is 0 Å². The molecule has 0 bridgehead atoms. The van der Waals surface area contributed by atoms with Gasteiger partial charge in [-0.15, -0.1) is 0 Å². The molecule has 0 unspecified atom stereocenters. The zero-order valence-corrected chi connectivity index (χ0v) is 25.8. The third kappa shape index (κ3) is 8.15. The van der Waals surface area contributed by atoms with Gasteiger partial charge in [0, 0.05) is 13.1 Å². The van der Waals surface area contributed by atoms with Crippen LogP contribution < -0.4 is 14.4 Å². The summed E-state index contributed by atoms with van der Waals surface area (Å²) in [5, 5.41) is 3.03. The summed E-state index contributed by atoms with van der Waals surface area (Å²) in [6, 6.07) is 18.6. The summed E-state index contributed by atoms with van der Waals surface area (Å²) in [4.78, 5) is 28.8. The third-order valence-electron chi connectivity index (χ3n) is 6.37. The number of benzene rings is 3. The van der Waals surface area contributed by atoms with Crippen molar-refractivity contribution in [3.8, 4) is 5.75 Å². The number of nitrogens with zero attached hydrogens (tertiary/aromatic N) is 2. The van der Waals surface area contributed by atoms with Crippen molar-refractivity contribution in [3.05, 3.63) is 88.4 Å². The predicted octanol–water partition coefficient (Wildman–Crippen LogP) is 5.78. The molecule has 3 aromatic rings. The molecule has 0 saturated carbocycles. The summed E-state index contributed by atoms with van der Waals surface area (Å²) in [5.41, 5.74) is 0.765. The van der Waals surface area contributed by atoms with Crippen molar-refractivity contribution in [2.24, 2.45) is 5.92 Å². The molecule has 0 aliphatic heterocycles. The number of methoxy groups -OCH3 is 1. The lowest BCUT2D eigenvalue weighted by molar-refractivity contribution is -0.140. The number of hydrogen-bond donors (Lipinski definition) is 1. The zero-order chi connectivity index (χ0) is 30.2. The largest absolute Gasteiger partial charge is 0.497 e. The molecule has 2 amide bonds. The van der Waals surface area contributed by atoms with Crippen LogP contribution in [-0.2, 0) is 26.2 Å². The number of hydrogen-bond acceptors (Lipinski definition) is 5. The van der Waals surface area contributed by atoms with Crippen LogP contribution in [0.25, 0.3) is 0 Å². The monoisotopic (exact) mass is 619 g/mol. The number of rotatable bonds is 13. The number of amides is 2. The van der Waals surface area contributed by atoms with Gasteiger partial charge in [-0.25, -0.2) is 8.42 Å². The highest BCUT2D eigenvalue weighted by atomic mass is 35.5. The van der Waals surface area contributed by atoms with Gasteiger partial charge in [-0.05, 0) is 54.3 Å². The molecule has 0 saturated heterocycles. The Hall–Kier alpha value is -3.27. The van der Waals surface area contributed by atoms with E-state index in [1.165, 1.54) is 36.3 Å². The molecule has 0 aromatic heterocycles. The fourth-order valence-corrected chi connectivity index (χ4v) is 6.12. The minimum absolute atomic E-state index is 0.0115. The minimum atomic E-state index is -4.26. The van der Waals surface area contributed by atoms with Crippen molar-refractivity contribution in [3.63, 3.8) is 0 Å². The van der Waals surface area contributed by atoms with Gasteiger partial charge in [0.25, 0.3) is 10.0 Å². The van der Waals surface area contributed by atoms with Crippen LogP contribution in [0.3, 0.4) is 0 Å². The van der Waals surface area contributed by atoms with Crippen LogP contribution in [0.5, 0.6) is 5.75 Å². The maximum absolute atomic E-state index is 14.1. The molecule has 0 spiro atoms. The van der Waals surface area contributed by atoms with Crippen LogP contribution in [0.1, 0.15) is 32.8 Å². The highest BCUT2D eigenvalue weighted by molar-refractivity contribution is 7.92. The summed E-state index contributed by atoms with van der Waals surface area (Å²) in [7, 11) is -2.72. The first kappa shape index (κ1) is 32.2. The first-order valence-corrected chi connectivity index (χ1v) is 15.4. The second kappa shape index (κ2) is 14.6. The summed E-state index contributed by atoms with van der Waals surface area (Å²) >= 11 is 12.7. The van der Waals surface area contributed by atoms with Gasteiger partial charge in [-0.2, -0.15) is 0 Å². The highest BCUT2D eigenvalue weighted by Crippen LogP contribution is 2.35. The van der Waals surface area contributed by atoms with E-state index in [1.54, 1.807) is 49.4 Å². The number of nitrogens with one attached hydrogen (secondary N) is 1. The Bertz CT molecular complexity index is 1450. The van der Waals surface area contributed by atoms with E-state index in [4.69, 9.17) is 27.9 Å². The lowest BCUT2D eigenvalue weighted by Crippen LogP contribution is -2.52. The van der Waals surface area contributed by atoms with E-state index in [1.807, 2.05) is 19.9 Å². The second-order valence-corrected chi connectivity index (χ2v) is 12.5. The van der Waals surface area contributed by atoms with Gasteiger partial charge in [0.05, 0.1) is 27.7 Å². The van der Waals surface area contributed by atoms with Gasteiger partial charge in [0.1, 0.15) is 18.3 Å². The van der Waals surface area contributed by atoms with Crippen molar-refractivity contribution in [2.75, 3.05) is 24.5 Å². The molecule has 0 radical (unpaired) electrons. The smallest absolute Gasteiger partial charge is 0.264 e. The van der Waals surface area contributed by atoms with Crippen LogP contribution in [0.2, 0.25) is 10.0 Å². The van der Waals surface area contributed by atoms with E-state index >= 15 is 0 Å². The molecule has 0 aliphatic rings. The zero-order valence-electron chi connectivity index (χ0n) is 23.5. The van der Waals surface area contributed by atoms with Crippen molar-refractivity contribution in [1.82, 2.24) is 10.2 Å². The molecule has 0 aliphatic carbocycles. The van der Waals surface area contributed by atoms with Gasteiger partial charge in [-0.3, -0.25) is 13.9 Å². The Morgan fingerprint density at radius 2 is 1.66 bits per heavy atom. The SMILES string of the molecule is CC[C@H](C(=O)NCC(C)C)N(Cc1cccc(OC)c1)C(=O)CN(c1cccc(Cl)c1Cl)S(=O)(=O)c1ccccc1. The molecule has 41 heavy (non-hydrogen) atoms. The molecule has 3 rings (SSSR count). The van der Waals surface area contributed by atoms with Crippen LogP contribution in [0.4, 0.5) is 5.69 Å². The first-order chi connectivity index (χ1) is 19.5. The Kier molecular flexibility index (Phi) is 11.5. The summed E-state index contributed by atoms with van der Waals surface area (Å²) in [6.07, 6.45) is 0.309. The van der Waals surface area contributed by atoms with Crippen LogP contribution in [-0.4, -0.2) is 51.4 Å². The topological polar surface area (TPSA) is 96.0 Å². The number of sulfonamides is 1. The molecule has 0 fully saturated rings. The van der Waals surface area contributed by atoms with Gasteiger partial charge < -0.3 is 15.0 Å². The van der Waals surface area contributed by atoms with E-state index in [9.17, 15) is 18.0 Å². The standard InChI is InChI=1S/C30H35Cl2N3O5S/c1-5-26(30(37)33-18-21(2)3)34(19-22-11-9-12-23(17-22)40-4)28(36)20-35(27-16-10-15-25(31)29(27)32)41(38,39)24-13-7-6-8-14-24/h6-17,21,26H,5,18-20H2,1-4H3,(H,33,37)/t26-/m1/s1. The van der Waals surface area contributed by atoms with Crippen LogP contribution in [0, 0.1) is 5.92 Å². The number of halogens is 2. The number of ether oxygens (including phenoxy) is 1. The number of carbonyl (C=O) groups excluding carboxylic acids is 2. The number of anilines is 1. The Morgan fingerprint density at radius 1 is 0.976 bits per heavy atom. The fourth-order valence-electron chi connectivity index (χ4n) is 4.23. The molecular formula is C30H35Cl2N3O5S.